The molecule has 15 heavy (non-hydrogen) atoms. The van der Waals surface area contributed by atoms with Crippen molar-refractivity contribution in [3.63, 3.8) is 0 Å². The fraction of sp³-hybridized carbons (Fsp3) is 0.364. The first kappa shape index (κ1) is 10.1. The van der Waals surface area contributed by atoms with Gasteiger partial charge in [0.15, 0.2) is 0 Å². The van der Waals surface area contributed by atoms with Gasteiger partial charge < -0.3 is 4.74 Å². The van der Waals surface area contributed by atoms with Crippen LogP contribution in [0.5, 0.6) is 0 Å². The molecule has 0 N–H and O–H groups in total. The summed E-state index contributed by atoms with van der Waals surface area (Å²) in [5.41, 5.74) is -0.406. The van der Waals surface area contributed by atoms with E-state index < -0.39 is 17.0 Å². The largest absolute Gasteiger partial charge is 0.379 e. The number of hydrogen-bond acceptors (Lipinski definition) is 2. The molecule has 0 bridgehead atoms. The van der Waals surface area contributed by atoms with E-state index in [0.29, 0.717) is 0 Å². The number of nitriles is 1. The minimum Gasteiger partial charge on any atom is -0.379 e. The molecule has 1 aliphatic heterocycles. The summed E-state index contributed by atoms with van der Waals surface area (Å²) >= 11 is 0. The van der Waals surface area contributed by atoms with Crippen molar-refractivity contribution in [2.75, 3.05) is 13.2 Å². The highest BCUT2D eigenvalue weighted by Crippen LogP contribution is 2.37. The predicted octanol–water partition coefficient (Wildman–Crippen LogP) is 2.15. The quantitative estimate of drug-likeness (QED) is 0.747. The molecule has 0 amide bonds. The maximum absolute atomic E-state index is 13.5. The summed E-state index contributed by atoms with van der Waals surface area (Å²) in [5, 5.41) is 8.67. The topological polar surface area (TPSA) is 33.0 Å². The maximum atomic E-state index is 13.5. The van der Waals surface area contributed by atoms with Crippen LogP contribution >= 0.6 is 0 Å². The van der Waals surface area contributed by atoms with Gasteiger partial charge in [0.25, 0.3) is 0 Å². The zero-order chi connectivity index (χ0) is 10.9. The number of hydrogen-bond donors (Lipinski definition) is 0. The zero-order valence-electron chi connectivity index (χ0n) is 7.96. The second kappa shape index (κ2) is 3.59. The molecule has 0 aliphatic carbocycles. The first-order valence-electron chi connectivity index (χ1n) is 4.58. The van der Waals surface area contributed by atoms with E-state index in [0.717, 1.165) is 18.2 Å². The fourth-order valence-electron chi connectivity index (χ4n) is 1.76. The van der Waals surface area contributed by atoms with E-state index in [2.05, 4.69) is 0 Å². The first-order chi connectivity index (χ1) is 7.18. The van der Waals surface area contributed by atoms with Gasteiger partial charge in [-0.1, -0.05) is 0 Å². The predicted molar refractivity (Wildman–Crippen MR) is 49.1 cm³/mol. The standard InChI is InChI=1S/C11H9F2NO/c12-8-1-2-10(13)9(5-8)11(3-4-14)6-15-7-11/h1-2,5H,3,6-7H2. The maximum Gasteiger partial charge on any atom is 0.127 e. The highest BCUT2D eigenvalue weighted by atomic mass is 19.1. The van der Waals surface area contributed by atoms with E-state index in [4.69, 9.17) is 10.00 Å². The normalized spacial score (nSPS) is 17.9. The zero-order valence-corrected chi connectivity index (χ0v) is 7.96. The summed E-state index contributed by atoms with van der Waals surface area (Å²) < 4.78 is 31.5. The van der Waals surface area contributed by atoms with Gasteiger partial charge in [-0.3, -0.25) is 0 Å². The van der Waals surface area contributed by atoms with Crippen molar-refractivity contribution in [1.82, 2.24) is 0 Å². The summed E-state index contributed by atoms with van der Waals surface area (Å²) in [5.74, 6) is -0.967. The Kier molecular flexibility index (Phi) is 2.41. The van der Waals surface area contributed by atoms with Gasteiger partial charge in [-0.15, -0.1) is 0 Å². The van der Waals surface area contributed by atoms with Crippen molar-refractivity contribution in [2.24, 2.45) is 0 Å². The average Bonchev–Trinajstić information content (AvgIpc) is 2.16. The van der Waals surface area contributed by atoms with Gasteiger partial charge in [0.1, 0.15) is 11.6 Å². The molecule has 1 aromatic carbocycles. The van der Waals surface area contributed by atoms with Gasteiger partial charge in [-0.25, -0.2) is 8.78 Å². The van der Waals surface area contributed by atoms with Crippen molar-refractivity contribution in [2.45, 2.75) is 11.8 Å². The summed E-state index contributed by atoms with van der Waals surface area (Å²) in [4.78, 5) is 0. The third kappa shape index (κ3) is 1.59. The Morgan fingerprint density at radius 2 is 2.13 bits per heavy atom. The molecule has 0 atom stereocenters. The van der Waals surface area contributed by atoms with Crippen LogP contribution in [0.15, 0.2) is 18.2 Å². The molecule has 78 valence electrons. The molecule has 2 rings (SSSR count). The Hall–Kier alpha value is -1.47. The Bertz CT molecular complexity index is 421. The van der Waals surface area contributed by atoms with Gasteiger partial charge in [0.2, 0.25) is 0 Å². The van der Waals surface area contributed by atoms with Crippen LogP contribution in [-0.2, 0) is 10.2 Å². The highest BCUT2D eigenvalue weighted by molar-refractivity contribution is 5.31. The van der Waals surface area contributed by atoms with E-state index in [1.54, 1.807) is 0 Å². The van der Waals surface area contributed by atoms with Gasteiger partial charge in [0, 0.05) is 12.0 Å². The molecule has 4 heteroatoms. The first-order valence-corrected chi connectivity index (χ1v) is 4.58. The molecular weight excluding hydrogens is 200 g/mol. The number of nitrogens with zero attached hydrogens (tertiary/aromatic N) is 1. The van der Waals surface area contributed by atoms with Crippen LogP contribution in [0.1, 0.15) is 12.0 Å². The third-order valence-electron chi connectivity index (χ3n) is 2.67. The van der Waals surface area contributed by atoms with Crippen LogP contribution in [0.3, 0.4) is 0 Å². The number of ether oxygens (including phenoxy) is 1. The van der Waals surface area contributed by atoms with Crippen molar-refractivity contribution >= 4 is 0 Å². The Balaban J connectivity index is 2.43. The monoisotopic (exact) mass is 209 g/mol. The SMILES string of the molecule is N#CCC1(c2cc(F)ccc2F)COC1. The molecule has 0 aromatic heterocycles. The molecule has 1 aliphatic rings. The number of benzene rings is 1. The molecule has 1 fully saturated rings. The van der Waals surface area contributed by atoms with Crippen molar-refractivity contribution in [3.8, 4) is 6.07 Å². The van der Waals surface area contributed by atoms with Crippen LogP contribution in [0.2, 0.25) is 0 Å². The summed E-state index contributed by atoms with van der Waals surface area (Å²) in [6.07, 6.45) is 0.146. The number of halogens is 2. The highest BCUT2D eigenvalue weighted by Gasteiger charge is 2.42. The van der Waals surface area contributed by atoms with E-state index in [1.807, 2.05) is 6.07 Å². The van der Waals surface area contributed by atoms with E-state index in [1.165, 1.54) is 0 Å². The van der Waals surface area contributed by atoms with Crippen molar-refractivity contribution in [3.05, 3.63) is 35.4 Å². The van der Waals surface area contributed by atoms with E-state index in [9.17, 15) is 8.78 Å². The lowest BCUT2D eigenvalue weighted by molar-refractivity contribution is -0.0594. The molecular formula is C11H9F2NO. The molecule has 0 saturated carbocycles. The molecule has 1 heterocycles. The van der Waals surface area contributed by atoms with Crippen LogP contribution in [-0.4, -0.2) is 13.2 Å². The average molecular weight is 209 g/mol. The Labute approximate surface area is 86.1 Å². The van der Waals surface area contributed by atoms with E-state index in [-0.39, 0.29) is 25.2 Å². The molecule has 1 aromatic rings. The van der Waals surface area contributed by atoms with Crippen LogP contribution in [0.4, 0.5) is 8.78 Å². The van der Waals surface area contributed by atoms with E-state index >= 15 is 0 Å². The lowest BCUT2D eigenvalue weighted by Crippen LogP contribution is -2.47. The smallest absolute Gasteiger partial charge is 0.127 e. The molecule has 1 saturated heterocycles. The second-order valence-corrected chi connectivity index (χ2v) is 3.73. The summed E-state index contributed by atoms with van der Waals surface area (Å²) in [7, 11) is 0. The van der Waals surface area contributed by atoms with Gasteiger partial charge >= 0.3 is 0 Å². The lowest BCUT2D eigenvalue weighted by Gasteiger charge is -2.40. The summed E-state index contributed by atoms with van der Waals surface area (Å²) in [6, 6.07) is 5.29. The second-order valence-electron chi connectivity index (χ2n) is 3.73. The molecule has 0 radical (unpaired) electrons. The minimum atomic E-state index is -0.652. The Morgan fingerprint density at radius 3 is 2.67 bits per heavy atom. The van der Waals surface area contributed by atoms with Gasteiger partial charge in [-0.05, 0) is 18.2 Å². The lowest BCUT2D eigenvalue weighted by atomic mass is 9.76. The van der Waals surface area contributed by atoms with Gasteiger partial charge in [0.05, 0.1) is 24.7 Å². The molecule has 2 nitrogen and oxygen atoms in total. The minimum absolute atomic E-state index is 0.146. The molecule has 0 spiro atoms. The fourth-order valence-corrected chi connectivity index (χ4v) is 1.76. The van der Waals surface area contributed by atoms with Gasteiger partial charge in [-0.2, -0.15) is 5.26 Å². The van der Waals surface area contributed by atoms with Crippen molar-refractivity contribution in [1.29, 1.82) is 5.26 Å². The third-order valence-corrected chi connectivity index (χ3v) is 2.67. The van der Waals surface area contributed by atoms with Crippen LogP contribution in [0.25, 0.3) is 0 Å². The van der Waals surface area contributed by atoms with Crippen LogP contribution < -0.4 is 0 Å². The van der Waals surface area contributed by atoms with Crippen molar-refractivity contribution < 1.29 is 13.5 Å². The molecule has 0 unspecified atom stereocenters. The van der Waals surface area contributed by atoms with Crippen LogP contribution in [0, 0.1) is 23.0 Å². The number of rotatable bonds is 2. The Morgan fingerprint density at radius 1 is 1.40 bits per heavy atom. The summed E-state index contributed by atoms with van der Waals surface area (Å²) in [6.45, 7) is 0.557.